The van der Waals surface area contributed by atoms with Gasteiger partial charge in [0.15, 0.2) is 0 Å². The van der Waals surface area contributed by atoms with Gasteiger partial charge >= 0.3 is 12.2 Å². The lowest BCUT2D eigenvalue weighted by atomic mass is 9.84. The zero-order valence-corrected chi connectivity index (χ0v) is 35.1. The maximum absolute atomic E-state index is 13.9. The summed E-state index contributed by atoms with van der Waals surface area (Å²) in [4.78, 5) is 69.9. The summed E-state index contributed by atoms with van der Waals surface area (Å²) in [6.45, 7) is 9.16. The molecule has 318 valence electrons. The molecule has 16 nitrogen and oxygen atoms in total. The van der Waals surface area contributed by atoms with Gasteiger partial charge < -0.3 is 49.3 Å². The Morgan fingerprint density at radius 3 is 2.43 bits per heavy atom. The molecular weight excluding hydrogens is 769 g/mol. The lowest BCUT2D eigenvalue weighted by molar-refractivity contribution is -0.166. The van der Waals surface area contributed by atoms with E-state index in [9.17, 15) is 19.2 Å². The number of nitrogens with one attached hydrogen (secondary N) is 4. The number of rotatable bonds is 14. The molecular formula is C44H54N8O8. The summed E-state index contributed by atoms with van der Waals surface area (Å²) in [7, 11) is 2.52. The Balaban J connectivity index is 1.13. The summed E-state index contributed by atoms with van der Waals surface area (Å²) < 4.78 is 22.2. The first-order chi connectivity index (χ1) is 28.9. The van der Waals surface area contributed by atoms with Gasteiger partial charge in [0.05, 0.1) is 68.0 Å². The molecule has 0 bridgehead atoms. The van der Waals surface area contributed by atoms with Crippen LogP contribution in [0.1, 0.15) is 77.0 Å². The van der Waals surface area contributed by atoms with Crippen LogP contribution in [0, 0.1) is 0 Å². The molecule has 5 aromatic rings. The average Bonchev–Trinajstić information content (AvgIpc) is 3.90. The van der Waals surface area contributed by atoms with E-state index in [1.54, 1.807) is 16.0 Å². The Hall–Kier alpha value is -6.16. The van der Waals surface area contributed by atoms with Gasteiger partial charge in [-0.2, -0.15) is 0 Å². The molecule has 0 aliphatic carbocycles. The summed E-state index contributed by atoms with van der Waals surface area (Å²) in [6.07, 6.45) is 4.70. The van der Waals surface area contributed by atoms with E-state index in [4.69, 9.17) is 19.2 Å². The molecule has 1 saturated heterocycles. The summed E-state index contributed by atoms with van der Waals surface area (Å²) in [5.41, 5.74) is 5.86. The van der Waals surface area contributed by atoms with Crippen LogP contribution in [0.15, 0.2) is 48.7 Å². The number of benzene rings is 3. The van der Waals surface area contributed by atoms with Crippen LogP contribution in [0.25, 0.3) is 44.2 Å². The van der Waals surface area contributed by atoms with E-state index < -0.39 is 17.8 Å². The molecule has 0 saturated carbocycles. The third kappa shape index (κ3) is 8.88. The number of hydrogen-bond acceptors (Lipinski definition) is 10. The average molecular weight is 823 g/mol. The fraction of sp³-hybridized carbons (Fsp3) is 0.455. The zero-order valence-electron chi connectivity index (χ0n) is 35.1. The first kappa shape index (κ1) is 42.0. The van der Waals surface area contributed by atoms with Crippen LogP contribution >= 0.6 is 0 Å². The van der Waals surface area contributed by atoms with Crippen LogP contribution < -0.4 is 15.4 Å². The van der Waals surface area contributed by atoms with Crippen molar-refractivity contribution in [2.75, 3.05) is 33.9 Å². The van der Waals surface area contributed by atoms with Gasteiger partial charge in [-0.05, 0) is 92.3 Å². The molecule has 7 rings (SSSR count). The molecule has 0 radical (unpaired) electrons. The monoisotopic (exact) mass is 822 g/mol. The van der Waals surface area contributed by atoms with Crippen molar-refractivity contribution in [3.63, 3.8) is 0 Å². The lowest BCUT2D eigenvalue weighted by Crippen LogP contribution is -2.57. The van der Waals surface area contributed by atoms with Crippen molar-refractivity contribution >= 4 is 45.8 Å². The molecule has 4 heterocycles. The largest absolute Gasteiger partial charge is 0.488 e. The molecule has 2 aromatic heterocycles. The number of nitrogens with zero attached hydrogens (tertiary/aromatic N) is 4. The Bertz CT molecular complexity index is 2390. The van der Waals surface area contributed by atoms with Crippen molar-refractivity contribution in [3.8, 4) is 28.1 Å². The van der Waals surface area contributed by atoms with Crippen molar-refractivity contribution in [1.82, 2.24) is 40.4 Å². The SMILES string of the molecule is CCCN(Cc1ncc(-c2ccc3c(c2)COc2cc4c(ccc5nc(CN(C(=O)CNC(=O)OC)[C@H](CC)C6(C)CCC[C@@H](C)O6)[nH]c54)cc2-3)[nH]1)C(=O)CNC(=O)OC. The van der Waals surface area contributed by atoms with Gasteiger partial charge in [-0.3, -0.25) is 9.59 Å². The van der Waals surface area contributed by atoms with Crippen molar-refractivity contribution in [3.05, 3.63) is 65.9 Å². The highest BCUT2D eigenvalue weighted by Crippen LogP contribution is 2.43. The second-order valence-corrected chi connectivity index (χ2v) is 15.7. The minimum atomic E-state index is -0.671. The first-order valence-corrected chi connectivity index (χ1v) is 20.6. The normalized spacial score (nSPS) is 17.5. The van der Waals surface area contributed by atoms with Crippen molar-refractivity contribution in [1.29, 1.82) is 0 Å². The predicted octanol–water partition coefficient (Wildman–Crippen LogP) is 6.57. The van der Waals surface area contributed by atoms with Gasteiger partial charge in [0.2, 0.25) is 11.8 Å². The van der Waals surface area contributed by atoms with Crippen LogP contribution in [0.4, 0.5) is 9.59 Å². The van der Waals surface area contributed by atoms with Crippen LogP contribution in [0.5, 0.6) is 5.75 Å². The predicted molar refractivity (Wildman–Crippen MR) is 225 cm³/mol. The van der Waals surface area contributed by atoms with E-state index in [1.165, 1.54) is 14.2 Å². The Morgan fingerprint density at radius 1 is 0.950 bits per heavy atom. The molecule has 3 aromatic carbocycles. The number of H-pyrrole nitrogens is 2. The third-order valence-electron chi connectivity index (χ3n) is 11.5. The molecule has 2 aliphatic rings. The molecule has 1 unspecified atom stereocenters. The Morgan fingerprint density at radius 2 is 1.72 bits per heavy atom. The number of carbonyl (C=O) groups is 4. The van der Waals surface area contributed by atoms with E-state index >= 15 is 0 Å². The lowest BCUT2D eigenvalue weighted by Gasteiger charge is -2.47. The summed E-state index contributed by atoms with van der Waals surface area (Å²) in [5.74, 6) is 1.52. The van der Waals surface area contributed by atoms with Crippen LogP contribution in [0.2, 0.25) is 0 Å². The molecule has 1 fully saturated rings. The van der Waals surface area contributed by atoms with Gasteiger partial charge in [-0.25, -0.2) is 19.6 Å². The highest BCUT2D eigenvalue weighted by atomic mass is 16.5. The fourth-order valence-corrected chi connectivity index (χ4v) is 8.65. The number of aromatic nitrogens is 4. The standard InChI is InChI=1S/C44H54N8O8/c1-7-16-51(39(53)21-46-42(55)57-5)23-37-45-20-34(49-37)28-11-13-30-29(17-28)25-59-35-19-31-27(18-32(30)35)12-14-33-41(31)50-38(48-33)24-52(40(54)22-47-43(56)58-6)36(8-2)44(4)15-9-10-26(3)60-44/h11-14,17-20,26,36H,7-10,15-16,21-25H2,1-6H3,(H,45,49)(H,46,55)(H,47,56)(H,48,50)/t26-,36-,44?/m1/s1. The smallest absolute Gasteiger partial charge is 0.407 e. The third-order valence-corrected chi connectivity index (χ3v) is 11.5. The van der Waals surface area contributed by atoms with Crippen molar-refractivity contribution in [2.45, 2.75) is 97.2 Å². The second kappa shape index (κ2) is 18.0. The first-order valence-electron chi connectivity index (χ1n) is 20.6. The van der Waals surface area contributed by atoms with Gasteiger partial charge in [-0.1, -0.05) is 32.0 Å². The number of amides is 4. The molecule has 2 aliphatic heterocycles. The number of methoxy groups -OCH3 is 2. The number of imidazole rings is 2. The van der Waals surface area contributed by atoms with Crippen LogP contribution in [0.3, 0.4) is 0 Å². The van der Waals surface area contributed by atoms with Gasteiger partial charge in [0.1, 0.15) is 37.1 Å². The molecule has 4 amide bonds. The number of alkyl carbamates (subject to hydrolysis) is 2. The zero-order chi connectivity index (χ0) is 42.6. The highest BCUT2D eigenvalue weighted by Gasteiger charge is 2.43. The number of ether oxygens (including phenoxy) is 4. The Labute approximate surface area is 348 Å². The van der Waals surface area contributed by atoms with Gasteiger partial charge in [0.25, 0.3) is 0 Å². The minimum absolute atomic E-state index is 0.0736. The van der Waals surface area contributed by atoms with Crippen molar-refractivity contribution in [2.24, 2.45) is 0 Å². The number of carbonyl (C=O) groups excluding carboxylic acids is 4. The van der Waals surface area contributed by atoms with Crippen LogP contribution in [-0.4, -0.2) is 105 Å². The molecule has 3 atom stereocenters. The number of hydrogen-bond donors (Lipinski definition) is 4. The maximum Gasteiger partial charge on any atom is 0.407 e. The van der Waals surface area contributed by atoms with E-state index in [-0.39, 0.29) is 50.1 Å². The maximum atomic E-state index is 13.9. The van der Waals surface area contributed by atoms with Crippen LogP contribution in [-0.2, 0) is 43.5 Å². The molecule has 60 heavy (non-hydrogen) atoms. The molecule has 16 heteroatoms. The minimum Gasteiger partial charge on any atom is -0.488 e. The molecule has 0 spiro atoms. The fourth-order valence-electron chi connectivity index (χ4n) is 8.65. The molecule has 4 N–H and O–H groups in total. The van der Waals surface area contributed by atoms with E-state index in [1.807, 2.05) is 31.2 Å². The van der Waals surface area contributed by atoms with Gasteiger partial charge in [0, 0.05) is 17.5 Å². The second-order valence-electron chi connectivity index (χ2n) is 15.7. The van der Waals surface area contributed by atoms with Gasteiger partial charge in [-0.15, -0.1) is 0 Å². The summed E-state index contributed by atoms with van der Waals surface area (Å²) >= 11 is 0. The van der Waals surface area contributed by atoms with E-state index in [0.29, 0.717) is 31.2 Å². The number of fused-ring (bicyclic) bond motifs is 6. The quantitative estimate of drug-likeness (QED) is 0.0952. The van der Waals surface area contributed by atoms with E-state index in [0.717, 1.165) is 81.2 Å². The topological polar surface area (TPSA) is 193 Å². The summed E-state index contributed by atoms with van der Waals surface area (Å²) in [6, 6.07) is 14.2. The summed E-state index contributed by atoms with van der Waals surface area (Å²) in [5, 5.41) is 6.95. The number of aromatic amines is 2. The van der Waals surface area contributed by atoms with Crippen molar-refractivity contribution < 1.29 is 38.1 Å². The highest BCUT2D eigenvalue weighted by molar-refractivity contribution is 6.07. The Kier molecular flexibility index (Phi) is 12.6. The van der Waals surface area contributed by atoms with E-state index in [2.05, 4.69) is 69.3 Å².